The number of aryl methyl sites for hydroxylation is 1. The highest BCUT2D eigenvalue weighted by Gasteiger charge is 2.24. The molecule has 1 aromatic carbocycles. The molecule has 0 radical (unpaired) electrons. The van der Waals surface area contributed by atoms with Crippen molar-refractivity contribution in [1.82, 2.24) is 19.8 Å². The number of benzene rings is 1. The number of hydrogen-bond acceptors (Lipinski definition) is 5. The number of aromatic nitrogens is 2. The molecule has 7 nitrogen and oxygen atoms in total. The molecule has 1 saturated heterocycles. The van der Waals surface area contributed by atoms with Gasteiger partial charge in [-0.15, -0.1) is 0 Å². The molecular weight excluding hydrogens is 468 g/mol. The van der Waals surface area contributed by atoms with E-state index in [4.69, 9.17) is 0 Å². The maximum atomic E-state index is 12.7. The van der Waals surface area contributed by atoms with Crippen molar-refractivity contribution >= 4 is 50.0 Å². The third-order valence-corrected chi connectivity index (χ3v) is 6.50. The molecule has 0 bridgehead atoms. The van der Waals surface area contributed by atoms with Crippen LogP contribution in [0.5, 0.6) is 0 Å². The monoisotopic (exact) mass is 488 g/mol. The second kappa shape index (κ2) is 9.09. The van der Waals surface area contributed by atoms with Gasteiger partial charge in [-0.05, 0) is 42.5 Å². The first-order chi connectivity index (χ1) is 14.5. The molecule has 0 spiro atoms. The van der Waals surface area contributed by atoms with Crippen molar-refractivity contribution in [2.75, 3.05) is 13.1 Å². The van der Waals surface area contributed by atoms with Gasteiger partial charge in [-0.2, -0.15) is 11.3 Å². The number of nitrogens with one attached hydrogen (secondary N) is 1. The fourth-order valence-corrected chi connectivity index (χ4v) is 4.60. The van der Waals surface area contributed by atoms with Gasteiger partial charge in [0.1, 0.15) is 0 Å². The Balaban J connectivity index is 1.30. The zero-order valence-corrected chi connectivity index (χ0v) is 18.6. The summed E-state index contributed by atoms with van der Waals surface area (Å²) in [5.41, 5.74) is 1.17. The summed E-state index contributed by atoms with van der Waals surface area (Å²) >= 11 is 4.87. The summed E-state index contributed by atoms with van der Waals surface area (Å²) in [6.07, 6.45) is 3.20. The van der Waals surface area contributed by atoms with E-state index in [9.17, 15) is 14.4 Å². The number of nitrogens with zero attached hydrogens (tertiary/aromatic N) is 3. The Bertz CT molecular complexity index is 1120. The Labute approximate surface area is 185 Å². The Morgan fingerprint density at radius 2 is 2.03 bits per heavy atom. The second-order valence-corrected chi connectivity index (χ2v) is 8.99. The summed E-state index contributed by atoms with van der Waals surface area (Å²) in [5, 5.41) is 7.28. The van der Waals surface area contributed by atoms with Crippen molar-refractivity contribution in [3.8, 4) is 0 Å². The predicted octanol–water partition coefficient (Wildman–Crippen LogP) is 3.03. The van der Waals surface area contributed by atoms with E-state index in [-0.39, 0.29) is 29.8 Å². The zero-order chi connectivity index (χ0) is 21.1. The number of amides is 2. The Hall–Kier alpha value is -2.52. The lowest BCUT2D eigenvalue weighted by Gasteiger charge is -2.32. The SMILES string of the molecule is O=C(NC1CCN(C(=O)CCn2cnc3ccc(Br)cc3c2=O)CC1)c1ccsc1. The molecular formula is C21H21BrN4O3S. The van der Waals surface area contributed by atoms with E-state index in [2.05, 4.69) is 26.2 Å². The lowest BCUT2D eigenvalue weighted by atomic mass is 10.0. The van der Waals surface area contributed by atoms with Crippen LogP contribution in [-0.4, -0.2) is 45.4 Å². The van der Waals surface area contributed by atoms with Crippen molar-refractivity contribution in [1.29, 1.82) is 0 Å². The number of hydrogen-bond donors (Lipinski definition) is 1. The van der Waals surface area contributed by atoms with Crippen LogP contribution in [0.15, 0.2) is 50.6 Å². The number of thiophene rings is 1. The Morgan fingerprint density at radius 1 is 1.23 bits per heavy atom. The fourth-order valence-electron chi connectivity index (χ4n) is 3.60. The lowest BCUT2D eigenvalue weighted by molar-refractivity contribution is -0.132. The zero-order valence-electron chi connectivity index (χ0n) is 16.2. The van der Waals surface area contributed by atoms with Crippen LogP contribution in [0.2, 0.25) is 0 Å². The number of carbonyl (C=O) groups is 2. The van der Waals surface area contributed by atoms with Crippen molar-refractivity contribution in [3.05, 3.63) is 61.7 Å². The number of carbonyl (C=O) groups excluding carboxylic acids is 2. The van der Waals surface area contributed by atoms with Crippen LogP contribution < -0.4 is 10.9 Å². The topological polar surface area (TPSA) is 84.3 Å². The van der Waals surface area contributed by atoms with Gasteiger partial charge < -0.3 is 10.2 Å². The summed E-state index contributed by atoms with van der Waals surface area (Å²) in [6.45, 7) is 1.50. The van der Waals surface area contributed by atoms with Crippen molar-refractivity contribution in [2.24, 2.45) is 0 Å². The third kappa shape index (κ3) is 4.62. The molecule has 30 heavy (non-hydrogen) atoms. The smallest absolute Gasteiger partial charge is 0.261 e. The molecule has 2 aromatic heterocycles. The van der Waals surface area contributed by atoms with Crippen molar-refractivity contribution < 1.29 is 9.59 Å². The van der Waals surface area contributed by atoms with Crippen molar-refractivity contribution in [3.63, 3.8) is 0 Å². The molecule has 4 rings (SSSR count). The molecule has 3 aromatic rings. The summed E-state index contributed by atoms with van der Waals surface area (Å²) in [7, 11) is 0. The lowest BCUT2D eigenvalue weighted by Crippen LogP contribution is -2.46. The summed E-state index contributed by atoms with van der Waals surface area (Å²) in [4.78, 5) is 43.6. The predicted molar refractivity (Wildman–Crippen MR) is 120 cm³/mol. The Kier molecular flexibility index (Phi) is 6.29. The Morgan fingerprint density at radius 3 is 2.77 bits per heavy atom. The van der Waals surface area contributed by atoms with Gasteiger partial charge in [0.15, 0.2) is 0 Å². The molecule has 9 heteroatoms. The van der Waals surface area contributed by atoms with E-state index in [1.807, 2.05) is 21.7 Å². The number of piperidine rings is 1. The van der Waals surface area contributed by atoms with Gasteiger partial charge in [-0.1, -0.05) is 15.9 Å². The van der Waals surface area contributed by atoms with Crippen LogP contribution >= 0.6 is 27.3 Å². The molecule has 1 aliphatic rings. The third-order valence-electron chi connectivity index (χ3n) is 5.32. The van der Waals surface area contributed by atoms with E-state index in [1.54, 1.807) is 18.2 Å². The fraction of sp³-hybridized carbons (Fsp3) is 0.333. The first-order valence-electron chi connectivity index (χ1n) is 9.77. The minimum atomic E-state index is -0.149. The molecule has 156 valence electrons. The molecule has 3 heterocycles. The average molecular weight is 489 g/mol. The quantitative estimate of drug-likeness (QED) is 0.597. The number of halogens is 1. The highest BCUT2D eigenvalue weighted by Crippen LogP contribution is 2.16. The van der Waals surface area contributed by atoms with Crippen LogP contribution in [-0.2, 0) is 11.3 Å². The summed E-state index contributed by atoms with van der Waals surface area (Å²) < 4.78 is 2.30. The van der Waals surface area contributed by atoms with E-state index >= 15 is 0 Å². The standard InChI is InChI=1S/C21H21BrN4O3S/c22-15-1-2-18-17(11-15)21(29)26(13-23-18)9-5-19(27)25-7-3-16(4-8-25)24-20(28)14-6-10-30-12-14/h1-2,6,10-13,16H,3-5,7-9H2,(H,24,28). The largest absolute Gasteiger partial charge is 0.349 e. The molecule has 2 amide bonds. The van der Waals surface area contributed by atoms with Crippen molar-refractivity contribution in [2.45, 2.75) is 31.8 Å². The van der Waals surface area contributed by atoms with Crippen LogP contribution in [0.1, 0.15) is 29.6 Å². The number of rotatable bonds is 5. The normalized spacial score (nSPS) is 14.8. The highest BCUT2D eigenvalue weighted by molar-refractivity contribution is 9.10. The number of likely N-dealkylation sites (tertiary alicyclic amines) is 1. The molecule has 0 saturated carbocycles. The van der Waals surface area contributed by atoms with E-state index in [0.717, 1.165) is 17.3 Å². The average Bonchev–Trinajstić information content (AvgIpc) is 3.29. The van der Waals surface area contributed by atoms with Gasteiger partial charge in [0, 0.05) is 47.5 Å². The second-order valence-electron chi connectivity index (χ2n) is 7.30. The van der Waals surface area contributed by atoms with E-state index in [1.165, 1.54) is 22.2 Å². The van der Waals surface area contributed by atoms with Gasteiger partial charge in [-0.3, -0.25) is 19.0 Å². The molecule has 1 fully saturated rings. The van der Waals surface area contributed by atoms with Gasteiger partial charge in [0.25, 0.3) is 11.5 Å². The first kappa shape index (κ1) is 20.7. The number of fused-ring (bicyclic) bond motifs is 1. The molecule has 0 aliphatic carbocycles. The maximum Gasteiger partial charge on any atom is 0.261 e. The van der Waals surface area contributed by atoms with Gasteiger partial charge in [0.2, 0.25) is 5.91 Å². The minimum absolute atomic E-state index is 0.0128. The molecule has 1 aliphatic heterocycles. The van der Waals surface area contributed by atoms with Crippen LogP contribution in [0.25, 0.3) is 10.9 Å². The molecule has 0 atom stereocenters. The molecule has 1 N–H and O–H groups in total. The van der Waals surface area contributed by atoms with Crippen LogP contribution in [0, 0.1) is 0 Å². The highest BCUT2D eigenvalue weighted by atomic mass is 79.9. The van der Waals surface area contributed by atoms with Gasteiger partial charge in [-0.25, -0.2) is 4.98 Å². The maximum absolute atomic E-state index is 12.7. The first-order valence-corrected chi connectivity index (χ1v) is 11.5. The van der Waals surface area contributed by atoms with Crippen LogP contribution in [0.3, 0.4) is 0 Å². The summed E-state index contributed by atoms with van der Waals surface area (Å²) in [6, 6.07) is 7.26. The van der Waals surface area contributed by atoms with E-state index in [0.29, 0.717) is 36.1 Å². The summed E-state index contributed by atoms with van der Waals surface area (Å²) in [5.74, 6) is -0.0466. The van der Waals surface area contributed by atoms with Crippen LogP contribution in [0.4, 0.5) is 0 Å². The molecule has 0 unspecified atom stereocenters. The van der Waals surface area contributed by atoms with Gasteiger partial charge >= 0.3 is 0 Å². The van der Waals surface area contributed by atoms with E-state index < -0.39 is 0 Å². The minimum Gasteiger partial charge on any atom is -0.349 e. The van der Waals surface area contributed by atoms with Gasteiger partial charge in [0.05, 0.1) is 17.2 Å².